The van der Waals surface area contributed by atoms with Gasteiger partial charge in [0, 0.05) is 61.8 Å². The van der Waals surface area contributed by atoms with Crippen molar-refractivity contribution in [3.63, 3.8) is 0 Å². The van der Waals surface area contributed by atoms with Crippen LogP contribution in [0.1, 0.15) is 5.56 Å². The largest absolute Gasteiger partial charge is 0.254 e. The van der Waals surface area contributed by atoms with Gasteiger partial charge in [0.2, 0.25) is 0 Å². The molecule has 54 heavy (non-hydrogen) atoms. The van der Waals surface area contributed by atoms with E-state index in [0.29, 0.717) is 23.0 Å². The molecule has 0 saturated carbocycles. The quantitative estimate of drug-likeness (QED) is 0.164. The third-order valence-electron chi connectivity index (χ3n) is 9.65. The maximum atomic E-state index is 9.39. The number of fused-ring (bicyclic) bond motifs is 6. The topological polar surface area (TPSA) is 114 Å². The van der Waals surface area contributed by atoms with Crippen LogP contribution in [0.5, 0.6) is 0 Å². The van der Waals surface area contributed by atoms with Crippen LogP contribution in [0.4, 0.5) is 0 Å². The van der Waals surface area contributed by atoms with Gasteiger partial charge < -0.3 is 0 Å². The maximum Gasteiger partial charge on any atom is 0.164 e. The van der Waals surface area contributed by atoms with Gasteiger partial charge in [-0.2, -0.15) is 5.26 Å². The molecule has 0 bridgehead atoms. The van der Waals surface area contributed by atoms with E-state index in [1.807, 2.05) is 84.9 Å². The molecule has 5 heterocycles. The molecule has 10 rings (SSSR count). The van der Waals surface area contributed by atoms with Crippen molar-refractivity contribution >= 4 is 43.6 Å². The number of pyridine rings is 4. The molecule has 5 aromatic carbocycles. The van der Waals surface area contributed by atoms with Crippen molar-refractivity contribution in [1.29, 1.82) is 5.26 Å². The molecule has 10 aromatic rings. The van der Waals surface area contributed by atoms with Crippen LogP contribution < -0.4 is 0 Å². The lowest BCUT2D eigenvalue weighted by atomic mass is 10.0. The van der Waals surface area contributed by atoms with Gasteiger partial charge in [-0.15, -0.1) is 0 Å². The van der Waals surface area contributed by atoms with Gasteiger partial charge in [-0.1, -0.05) is 97.1 Å². The minimum Gasteiger partial charge on any atom is -0.254 e. The zero-order valence-corrected chi connectivity index (χ0v) is 28.6. The Balaban J connectivity index is 1.02. The molecule has 0 unspecified atom stereocenters. The first-order valence-corrected chi connectivity index (χ1v) is 17.4. The lowest BCUT2D eigenvalue weighted by Gasteiger charge is -2.10. The van der Waals surface area contributed by atoms with Gasteiger partial charge >= 0.3 is 0 Å². The number of nitrogens with zero attached hydrogens (tertiary/aromatic N) is 8. The van der Waals surface area contributed by atoms with Crippen molar-refractivity contribution in [3.8, 4) is 62.7 Å². The van der Waals surface area contributed by atoms with Crippen LogP contribution in [-0.2, 0) is 0 Å². The molecule has 0 saturated heterocycles. The number of hydrogen-bond donors (Lipinski definition) is 0. The van der Waals surface area contributed by atoms with E-state index in [0.717, 1.165) is 82.8 Å². The maximum absolute atomic E-state index is 9.39. The molecule has 0 aliphatic rings. The smallest absolute Gasteiger partial charge is 0.164 e. The summed E-state index contributed by atoms with van der Waals surface area (Å²) in [5.41, 5.74) is 10.2. The molecule has 0 amide bonds. The number of rotatable bonds is 5. The van der Waals surface area contributed by atoms with Gasteiger partial charge in [0.25, 0.3) is 0 Å². The molecule has 8 heteroatoms. The van der Waals surface area contributed by atoms with E-state index in [-0.39, 0.29) is 0 Å². The summed E-state index contributed by atoms with van der Waals surface area (Å²) in [6.07, 6.45) is 3.60. The number of hydrogen-bond acceptors (Lipinski definition) is 8. The Morgan fingerprint density at radius 1 is 0.333 bits per heavy atom. The van der Waals surface area contributed by atoms with Crippen LogP contribution in [0.15, 0.2) is 158 Å². The third kappa shape index (κ3) is 5.54. The molecule has 0 aliphatic heterocycles. The molecule has 0 atom stereocenters. The summed E-state index contributed by atoms with van der Waals surface area (Å²) < 4.78 is 0. The first-order chi connectivity index (χ1) is 26.7. The van der Waals surface area contributed by atoms with Crippen molar-refractivity contribution in [3.05, 3.63) is 164 Å². The molecule has 250 valence electrons. The molecule has 5 aromatic heterocycles. The van der Waals surface area contributed by atoms with Crippen molar-refractivity contribution in [2.75, 3.05) is 0 Å². The summed E-state index contributed by atoms with van der Waals surface area (Å²) >= 11 is 0. The fourth-order valence-corrected chi connectivity index (χ4v) is 6.81. The molecule has 0 fully saturated rings. The van der Waals surface area contributed by atoms with Crippen molar-refractivity contribution in [2.45, 2.75) is 0 Å². The van der Waals surface area contributed by atoms with Gasteiger partial charge in [-0.05, 0) is 48.5 Å². The second-order valence-corrected chi connectivity index (χ2v) is 13.0. The summed E-state index contributed by atoms with van der Waals surface area (Å²) in [6, 6.07) is 50.2. The summed E-state index contributed by atoms with van der Waals surface area (Å²) in [5.74, 6) is 1.58. The highest BCUT2D eigenvalue weighted by atomic mass is 15.0. The number of nitriles is 1. The van der Waals surface area contributed by atoms with Crippen molar-refractivity contribution in [1.82, 2.24) is 34.9 Å². The highest BCUT2D eigenvalue weighted by molar-refractivity contribution is 6.04. The number of aromatic nitrogens is 7. The average Bonchev–Trinajstić information content (AvgIpc) is 3.26. The highest BCUT2D eigenvalue weighted by Crippen LogP contribution is 2.31. The fourth-order valence-electron chi connectivity index (χ4n) is 6.81. The van der Waals surface area contributed by atoms with Gasteiger partial charge in [0.05, 0.1) is 45.1 Å². The first-order valence-electron chi connectivity index (χ1n) is 17.4. The molecule has 8 nitrogen and oxygen atoms in total. The molecular formula is C46H26N8. The molecule has 0 aliphatic carbocycles. The Morgan fingerprint density at radius 2 is 0.685 bits per heavy atom. The Bertz CT molecular complexity index is 2920. The Kier molecular flexibility index (Phi) is 7.34. The van der Waals surface area contributed by atoms with Crippen LogP contribution in [0.3, 0.4) is 0 Å². The van der Waals surface area contributed by atoms with Crippen LogP contribution in [-0.4, -0.2) is 34.9 Å². The Morgan fingerprint density at radius 3 is 1.09 bits per heavy atom. The van der Waals surface area contributed by atoms with E-state index < -0.39 is 0 Å². The molecule has 0 spiro atoms. The van der Waals surface area contributed by atoms with Gasteiger partial charge in [-0.3, -0.25) is 9.97 Å². The first kappa shape index (κ1) is 31.0. The molecular weight excluding hydrogens is 665 g/mol. The van der Waals surface area contributed by atoms with E-state index in [4.69, 9.17) is 24.9 Å². The summed E-state index contributed by atoms with van der Waals surface area (Å²) in [5, 5.41) is 13.6. The predicted molar refractivity (Wildman–Crippen MR) is 213 cm³/mol. The molecule has 0 N–H and O–H groups in total. The van der Waals surface area contributed by atoms with Gasteiger partial charge in [-0.25, -0.2) is 24.9 Å². The van der Waals surface area contributed by atoms with Crippen LogP contribution in [0.2, 0.25) is 0 Å². The van der Waals surface area contributed by atoms with Crippen LogP contribution in [0.25, 0.3) is 100 Å². The minimum atomic E-state index is 0.513. The van der Waals surface area contributed by atoms with Crippen LogP contribution >= 0.6 is 0 Å². The Hall–Kier alpha value is -7.76. The van der Waals surface area contributed by atoms with E-state index in [2.05, 4.69) is 64.6 Å². The summed E-state index contributed by atoms with van der Waals surface area (Å²) in [4.78, 5) is 34.0. The predicted octanol–water partition coefficient (Wildman–Crippen LogP) is 10.3. The van der Waals surface area contributed by atoms with Crippen molar-refractivity contribution in [2.24, 2.45) is 0 Å². The van der Waals surface area contributed by atoms with Gasteiger partial charge in [0.15, 0.2) is 17.5 Å². The zero-order valence-electron chi connectivity index (χ0n) is 28.6. The van der Waals surface area contributed by atoms with E-state index in [1.165, 1.54) is 0 Å². The standard InChI is InChI=1S/C46H26N8/c47-27-28-5-7-35(8-6-28)44-52-45(36-17-9-29(10-18-36)38-23-21-33-15-13-31-3-1-25-48-40(31)42(33)50-38)54-46(53-44)37-19-11-30(12-20-37)39-24-22-34-16-14-32-4-2-26-49-41(32)43(34)51-39/h1-26H. The van der Waals surface area contributed by atoms with Gasteiger partial charge in [0.1, 0.15) is 0 Å². The fraction of sp³-hybridized carbons (Fsp3) is 0. The lowest BCUT2D eigenvalue weighted by Crippen LogP contribution is -2.00. The third-order valence-corrected chi connectivity index (χ3v) is 9.65. The lowest BCUT2D eigenvalue weighted by molar-refractivity contribution is 1.07. The number of benzene rings is 5. The summed E-state index contributed by atoms with van der Waals surface area (Å²) in [6.45, 7) is 0. The van der Waals surface area contributed by atoms with E-state index >= 15 is 0 Å². The van der Waals surface area contributed by atoms with Crippen LogP contribution in [0, 0.1) is 11.3 Å². The normalized spacial score (nSPS) is 11.3. The Labute approximate surface area is 309 Å². The second kappa shape index (κ2) is 12.8. The monoisotopic (exact) mass is 690 g/mol. The average molecular weight is 691 g/mol. The summed E-state index contributed by atoms with van der Waals surface area (Å²) in [7, 11) is 0. The molecule has 0 radical (unpaired) electrons. The SMILES string of the molecule is N#Cc1ccc(-c2nc(-c3ccc(-c4ccc5ccc6cccnc6c5n4)cc3)nc(-c3ccc(-c4ccc5ccc6cccnc6c5n4)cc3)n2)cc1. The zero-order chi connectivity index (χ0) is 36.0. The van der Waals surface area contributed by atoms with Crippen molar-refractivity contribution < 1.29 is 0 Å². The highest BCUT2D eigenvalue weighted by Gasteiger charge is 2.15. The van der Waals surface area contributed by atoms with E-state index in [1.54, 1.807) is 24.5 Å². The minimum absolute atomic E-state index is 0.513. The van der Waals surface area contributed by atoms with E-state index in [9.17, 15) is 5.26 Å². The second-order valence-electron chi connectivity index (χ2n) is 13.0.